The van der Waals surface area contributed by atoms with E-state index in [1.165, 1.54) is 0 Å². The molecule has 0 saturated carbocycles. The molecule has 0 unspecified atom stereocenters. The summed E-state index contributed by atoms with van der Waals surface area (Å²) in [5.41, 5.74) is -1.59. The van der Waals surface area contributed by atoms with Gasteiger partial charge in [0.05, 0.1) is 6.61 Å². The molecule has 0 bridgehead atoms. The van der Waals surface area contributed by atoms with Crippen LogP contribution in [0.25, 0.3) is 0 Å². The van der Waals surface area contributed by atoms with Crippen molar-refractivity contribution >= 4 is 43.8 Å². The van der Waals surface area contributed by atoms with Crippen LogP contribution in [0.15, 0.2) is 33.2 Å². The van der Waals surface area contributed by atoms with Gasteiger partial charge in [0.2, 0.25) is 0 Å². The normalized spacial score (nSPS) is 9.96. The number of carbonyl (C=O) groups is 2. The predicted molar refractivity (Wildman–Crippen MR) is 91.0 cm³/mol. The second-order valence-electron chi connectivity index (χ2n) is 4.51. The lowest BCUT2D eigenvalue weighted by molar-refractivity contribution is 0.0514. The first-order chi connectivity index (χ1) is 12.1. The van der Waals surface area contributed by atoms with Gasteiger partial charge in [-0.2, -0.15) is 0 Å². The Bertz CT molecular complexity index is 797. The molecule has 0 fully saturated rings. The van der Waals surface area contributed by atoms with Crippen molar-refractivity contribution in [1.29, 1.82) is 0 Å². The van der Waals surface area contributed by atoms with Crippen molar-refractivity contribution in [2.24, 2.45) is 0 Å². The Balaban J connectivity index is 0.000000263. The number of benzene rings is 2. The van der Waals surface area contributed by atoms with Gasteiger partial charge in [0.25, 0.3) is 0 Å². The molecule has 0 aliphatic rings. The molecule has 0 atom stereocenters. The number of carbonyl (C=O) groups excluding carboxylic acids is 1. The minimum absolute atomic E-state index is 0.0772. The van der Waals surface area contributed by atoms with Crippen molar-refractivity contribution in [3.63, 3.8) is 0 Å². The highest BCUT2D eigenvalue weighted by Gasteiger charge is 2.19. The number of esters is 1. The Morgan fingerprint density at radius 1 is 0.885 bits per heavy atom. The van der Waals surface area contributed by atoms with E-state index in [0.29, 0.717) is 0 Å². The molecule has 2 aromatic carbocycles. The van der Waals surface area contributed by atoms with Gasteiger partial charge in [0.15, 0.2) is 0 Å². The quantitative estimate of drug-likeness (QED) is 0.456. The maximum atomic E-state index is 13.1. The van der Waals surface area contributed by atoms with Gasteiger partial charge in [0.1, 0.15) is 34.4 Å². The lowest BCUT2D eigenvalue weighted by Gasteiger charge is -2.04. The molecule has 0 amide bonds. The number of carboxylic acids is 1. The van der Waals surface area contributed by atoms with Gasteiger partial charge in [-0.25, -0.2) is 27.2 Å². The number of aromatic carboxylic acids is 1. The first-order valence-corrected chi connectivity index (χ1v) is 8.36. The molecule has 0 saturated heterocycles. The van der Waals surface area contributed by atoms with Crippen LogP contribution in [0.1, 0.15) is 27.6 Å². The van der Waals surface area contributed by atoms with Crippen LogP contribution in [0, 0.1) is 23.3 Å². The Kier molecular flexibility index (Phi) is 8.22. The number of halogens is 6. The fraction of sp³-hybridized carbons (Fsp3) is 0.125. The maximum Gasteiger partial charge on any atom is 0.344 e. The number of hydrogen-bond donors (Lipinski definition) is 1. The van der Waals surface area contributed by atoms with Crippen LogP contribution < -0.4 is 0 Å². The summed E-state index contributed by atoms with van der Waals surface area (Å²) in [6.45, 7) is 1.64. The average Bonchev–Trinajstić information content (AvgIpc) is 2.45. The third-order valence-electron chi connectivity index (χ3n) is 2.71. The highest BCUT2D eigenvalue weighted by molar-refractivity contribution is 9.10. The molecular formula is C16H10Br2F4O4. The fourth-order valence-electron chi connectivity index (χ4n) is 1.69. The van der Waals surface area contributed by atoms with Gasteiger partial charge in [-0.1, -0.05) is 31.9 Å². The van der Waals surface area contributed by atoms with E-state index in [9.17, 15) is 27.2 Å². The number of ether oxygens (including phenoxy) is 1. The van der Waals surface area contributed by atoms with Crippen LogP contribution in [0.5, 0.6) is 0 Å². The summed E-state index contributed by atoms with van der Waals surface area (Å²) in [7, 11) is 0. The summed E-state index contributed by atoms with van der Waals surface area (Å²) in [5, 5.41) is 8.34. The van der Waals surface area contributed by atoms with E-state index in [4.69, 9.17) is 5.11 Å². The molecule has 0 aliphatic heterocycles. The maximum absolute atomic E-state index is 13.1. The summed E-state index contributed by atoms with van der Waals surface area (Å²) in [6, 6.07) is 3.81. The minimum atomic E-state index is -1.61. The number of hydrogen-bond acceptors (Lipinski definition) is 3. The Labute approximate surface area is 162 Å². The van der Waals surface area contributed by atoms with Crippen LogP contribution in [0.2, 0.25) is 0 Å². The monoisotopic (exact) mass is 500 g/mol. The van der Waals surface area contributed by atoms with Gasteiger partial charge in [-0.15, -0.1) is 0 Å². The molecule has 10 heteroatoms. The molecule has 0 spiro atoms. The molecule has 26 heavy (non-hydrogen) atoms. The van der Waals surface area contributed by atoms with E-state index >= 15 is 0 Å². The van der Waals surface area contributed by atoms with Crippen LogP contribution in [0.4, 0.5) is 17.6 Å². The lowest BCUT2D eigenvalue weighted by Crippen LogP contribution is -2.09. The molecule has 0 aliphatic carbocycles. The largest absolute Gasteiger partial charge is 0.477 e. The Morgan fingerprint density at radius 3 is 1.54 bits per heavy atom. The summed E-state index contributed by atoms with van der Waals surface area (Å²) in [6.07, 6.45) is 0. The third kappa shape index (κ3) is 5.80. The van der Waals surface area contributed by atoms with E-state index in [2.05, 4.69) is 36.6 Å². The lowest BCUT2D eigenvalue weighted by atomic mass is 10.2. The average molecular weight is 502 g/mol. The fourth-order valence-corrected chi connectivity index (χ4v) is 2.49. The third-order valence-corrected chi connectivity index (χ3v) is 3.62. The van der Waals surface area contributed by atoms with Crippen molar-refractivity contribution in [3.8, 4) is 0 Å². The minimum Gasteiger partial charge on any atom is -0.477 e. The van der Waals surface area contributed by atoms with Crippen molar-refractivity contribution < 1.29 is 37.0 Å². The smallest absolute Gasteiger partial charge is 0.344 e. The molecule has 4 nitrogen and oxygen atoms in total. The van der Waals surface area contributed by atoms with Gasteiger partial charge >= 0.3 is 11.9 Å². The highest BCUT2D eigenvalue weighted by atomic mass is 79.9. The van der Waals surface area contributed by atoms with Gasteiger partial charge < -0.3 is 9.84 Å². The van der Waals surface area contributed by atoms with Crippen LogP contribution in [0.3, 0.4) is 0 Å². The van der Waals surface area contributed by atoms with E-state index in [0.717, 1.165) is 24.3 Å². The Morgan fingerprint density at radius 2 is 1.23 bits per heavy atom. The molecule has 2 aromatic rings. The highest BCUT2D eigenvalue weighted by Crippen LogP contribution is 2.20. The van der Waals surface area contributed by atoms with Crippen molar-refractivity contribution in [2.45, 2.75) is 6.92 Å². The molecule has 2 rings (SSSR count). The van der Waals surface area contributed by atoms with E-state index in [1.807, 2.05) is 0 Å². The second kappa shape index (κ2) is 9.67. The SMILES string of the molecule is CCOC(=O)c1c(F)cc(Br)cc1F.O=C(O)c1c(F)cc(Br)cc1F. The van der Waals surface area contributed by atoms with Crippen molar-refractivity contribution in [3.05, 3.63) is 67.6 Å². The molecular weight excluding hydrogens is 492 g/mol. The first kappa shape index (κ1) is 22.1. The zero-order chi connectivity index (χ0) is 20.0. The standard InChI is InChI=1S/C9H7BrF2O2.C7H3BrF2O2/c1-2-14-9(13)8-6(11)3-5(10)4-7(8)12;8-3-1-4(9)6(7(11)12)5(10)2-3/h3-4H,2H2,1H3;1-2H,(H,11,12). The van der Waals surface area contributed by atoms with Crippen LogP contribution in [-0.4, -0.2) is 23.7 Å². The summed E-state index contributed by atoms with van der Waals surface area (Å²) >= 11 is 5.73. The molecule has 140 valence electrons. The summed E-state index contributed by atoms with van der Waals surface area (Å²) in [4.78, 5) is 21.3. The van der Waals surface area contributed by atoms with Crippen molar-refractivity contribution in [1.82, 2.24) is 0 Å². The van der Waals surface area contributed by atoms with Gasteiger partial charge in [-0.3, -0.25) is 0 Å². The summed E-state index contributed by atoms with van der Waals surface area (Å²) in [5.74, 6) is -6.65. The second-order valence-corrected chi connectivity index (χ2v) is 6.35. The van der Waals surface area contributed by atoms with Crippen LogP contribution >= 0.6 is 31.9 Å². The van der Waals surface area contributed by atoms with Crippen molar-refractivity contribution in [2.75, 3.05) is 6.61 Å². The molecule has 0 heterocycles. The number of carboxylic acid groups (broad SMARTS) is 1. The topological polar surface area (TPSA) is 63.6 Å². The van der Waals surface area contributed by atoms with Gasteiger partial charge in [-0.05, 0) is 31.2 Å². The Hall–Kier alpha value is -1.94. The predicted octanol–water partition coefficient (Wildman–Crippen LogP) is 5.33. The van der Waals surface area contributed by atoms with Gasteiger partial charge in [0, 0.05) is 8.95 Å². The van der Waals surface area contributed by atoms with E-state index < -0.39 is 46.3 Å². The molecule has 0 aromatic heterocycles. The zero-order valence-electron chi connectivity index (χ0n) is 13.0. The molecule has 1 N–H and O–H groups in total. The van der Waals surface area contributed by atoms with E-state index in [-0.39, 0.29) is 15.6 Å². The van der Waals surface area contributed by atoms with Crippen LogP contribution in [-0.2, 0) is 4.74 Å². The summed E-state index contributed by atoms with van der Waals surface area (Å²) < 4.78 is 56.6. The zero-order valence-corrected chi connectivity index (χ0v) is 16.1. The van der Waals surface area contributed by atoms with E-state index in [1.54, 1.807) is 6.92 Å². The number of rotatable bonds is 3. The molecule has 0 radical (unpaired) electrons. The first-order valence-electron chi connectivity index (χ1n) is 6.78.